The first kappa shape index (κ1) is 17.9. The maximum Gasteiger partial charge on any atom is 0.182 e. The molecule has 0 aliphatic heterocycles. The summed E-state index contributed by atoms with van der Waals surface area (Å²) in [5, 5.41) is 4.43. The normalized spacial score (nSPS) is 10.8. The Morgan fingerprint density at radius 1 is 0.733 bits per heavy atom. The van der Waals surface area contributed by atoms with Gasteiger partial charge in [-0.15, -0.1) is 0 Å². The van der Waals surface area contributed by atoms with Crippen molar-refractivity contribution in [1.29, 1.82) is 0 Å². The van der Waals surface area contributed by atoms with E-state index in [1.54, 1.807) is 24.8 Å². The second kappa shape index (κ2) is 8.05. The topological polar surface area (TPSA) is 76.5 Å². The smallest absolute Gasteiger partial charge is 0.182 e. The zero-order valence-electron chi connectivity index (χ0n) is 16.1. The van der Waals surface area contributed by atoms with Crippen LogP contribution in [0.3, 0.4) is 0 Å². The van der Waals surface area contributed by atoms with Gasteiger partial charge in [-0.3, -0.25) is 9.97 Å². The second-order valence-electron chi connectivity index (χ2n) is 6.73. The van der Waals surface area contributed by atoms with Crippen LogP contribution < -0.4 is 5.32 Å². The number of nitrogens with one attached hydrogen (secondary N) is 1. The predicted octanol–water partition coefficient (Wildman–Crippen LogP) is 4.76. The Labute approximate surface area is 173 Å². The molecule has 6 nitrogen and oxygen atoms in total. The van der Waals surface area contributed by atoms with Gasteiger partial charge in [0.15, 0.2) is 5.82 Å². The lowest BCUT2D eigenvalue weighted by Crippen LogP contribution is -2.06. The van der Waals surface area contributed by atoms with E-state index in [4.69, 9.17) is 9.97 Å². The van der Waals surface area contributed by atoms with Crippen molar-refractivity contribution < 1.29 is 0 Å². The molecule has 0 amide bonds. The standard InChI is InChI=1S/C24H18N6/c1-2-7-17(8-3-1)19-10-6-11-20-22(19)24(28-15-18-9-4-5-12-26-18)30-23(29-20)21-16-25-13-14-27-21/h1-14,16H,15H2,(H,28,29,30). The van der Waals surface area contributed by atoms with Crippen LogP contribution in [0.1, 0.15) is 5.69 Å². The lowest BCUT2D eigenvalue weighted by molar-refractivity contribution is 1.03. The van der Waals surface area contributed by atoms with Crippen LogP contribution in [-0.4, -0.2) is 24.9 Å². The average molecular weight is 390 g/mol. The number of benzene rings is 2. The molecule has 0 spiro atoms. The Kier molecular flexibility index (Phi) is 4.79. The molecular formula is C24H18N6. The molecule has 0 atom stereocenters. The Balaban J connectivity index is 1.68. The number of fused-ring (bicyclic) bond motifs is 1. The van der Waals surface area contributed by atoms with Crippen molar-refractivity contribution in [3.63, 3.8) is 0 Å². The third kappa shape index (κ3) is 3.58. The van der Waals surface area contributed by atoms with E-state index in [2.05, 4.69) is 38.5 Å². The zero-order chi connectivity index (χ0) is 20.2. The molecule has 3 heterocycles. The van der Waals surface area contributed by atoms with Crippen molar-refractivity contribution in [2.45, 2.75) is 6.54 Å². The van der Waals surface area contributed by atoms with Gasteiger partial charge in [0.1, 0.15) is 11.5 Å². The van der Waals surface area contributed by atoms with Crippen molar-refractivity contribution >= 4 is 16.7 Å². The Morgan fingerprint density at radius 3 is 2.43 bits per heavy atom. The van der Waals surface area contributed by atoms with E-state index in [1.165, 1.54) is 0 Å². The van der Waals surface area contributed by atoms with Crippen molar-refractivity contribution in [3.05, 3.63) is 97.2 Å². The van der Waals surface area contributed by atoms with Gasteiger partial charge in [0.05, 0.1) is 29.3 Å². The maximum absolute atomic E-state index is 4.82. The largest absolute Gasteiger partial charge is 0.364 e. The van der Waals surface area contributed by atoms with E-state index in [-0.39, 0.29) is 0 Å². The molecule has 0 saturated carbocycles. The van der Waals surface area contributed by atoms with Crippen LogP contribution in [0.15, 0.2) is 91.5 Å². The first-order chi connectivity index (χ1) is 14.9. The Hall–Kier alpha value is -4.19. The van der Waals surface area contributed by atoms with E-state index < -0.39 is 0 Å². The van der Waals surface area contributed by atoms with Crippen molar-refractivity contribution in [1.82, 2.24) is 24.9 Å². The Morgan fingerprint density at radius 2 is 1.63 bits per heavy atom. The van der Waals surface area contributed by atoms with Gasteiger partial charge in [-0.1, -0.05) is 48.5 Å². The van der Waals surface area contributed by atoms with Gasteiger partial charge < -0.3 is 5.32 Å². The van der Waals surface area contributed by atoms with E-state index in [1.807, 2.05) is 48.5 Å². The molecule has 0 radical (unpaired) electrons. The summed E-state index contributed by atoms with van der Waals surface area (Å²) >= 11 is 0. The zero-order valence-corrected chi connectivity index (χ0v) is 16.1. The summed E-state index contributed by atoms with van der Waals surface area (Å²) in [6.45, 7) is 0.552. The van der Waals surface area contributed by atoms with Gasteiger partial charge in [-0.05, 0) is 29.3 Å². The molecule has 5 rings (SSSR count). The van der Waals surface area contributed by atoms with Gasteiger partial charge >= 0.3 is 0 Å². The first-order valence-electron chi connectivity index (χ1n) is 9.65. The third-order valence-corrected chi connectivity index (χ3v) is 4.76. The lowest BCUT2D eigenvalue weighted by Gasteiger charge is -2.14. The van der Waals surface area contributed by atoms with E-state index in [9.17, 15) is 0 Å². The molecule has 5 aromatic rings. The minimum absolute atomic E-state index is 0.532. The minimum atomic E-state index is 0.532. The summed E-state index contributed by atoms with van der Waals surface area (Å²) in [5.74, 6) is 1.27. The average Bonchev–Trinajstić information content (AvgIpc) is 2.83. The molecule has 0 aliphatic carbocycles. The first-order valence-corrected chi connectivity index (χ1v) is 9.65. The molecule has 6 heteroatoms. The number of anilines is 1. The quantitative estimate of drug-likeness (QED) is 0.466. The van der Waals surface area contributed by atoms with Crippen LogP contribution >= 0.6 is 0 Å². The summed E-state index contributed by atoms with van der Waals surface area (Å²) in [6.07, 6.45) is 6.74. The van der Waals surface area contributed by atoms with Crippen LogP contribution in [0.2, 0.25) is 0 Å². The molecule has 0 saturated heterocycles. The van der Waals surface area contributed by atoms with E-state index in [0.29, 0.717) is 18.1 Å². The molecule has 0 unspecified atom stereocenters. The van der Waals surface area contributed by atoms with Crippen LogP contribution in [-0.2, 0) is 6.54 Å². The van der Waals surface area contributed by atoms with Crippen molar-refractivity contribution in [3.8, 4) is 22.6 Å². The van der Waals surface area contributed by atoms with Gasteiger partial charge in [-0.25, -0.2) is 15.0 Å². The number of hydrogen-bond acceptors (Lipinski definition) is 6. The highest BCUT2D eigenvalue weighted by Crippen LogP contribution is 2.33. The van der Waals surface area contributed by atoms with Crippen LogP contribution in [0, 0.1) is 0 Å². The lowest BCUT2D eigenvalue weighted by atomic mass is 10.0. The second-order valence-corrected chi connectivity index (χ2v) is 6.73. The number of rotatable bonds is 5. The van der Waals surface area contributed by atoms with Gasteiger partial charge in [-0.2, -0.15) is 0 Å². The fourth-order valence-corrected chi connectivity index (χ4v) is 3.38. The minimum Gasteiger partial charge on any atom is -0.364 e. The molecule has 3 aromatic heterocycles. The number of nitrogens with zero attached hydrogens (tertiary/aromatic N) is 5. The molecular weight excluding hydrogens is 372 g/mol. The molecule has 0 fully saturated rings. The number of hydrogen-bond donors (Lipinski definition) is 1. The fourth-order valence-electron chi connectivity index (χ4n) is 3.38. The summed E-state index contributed by atoms with van der Waals surface area (Å²) in [4.78, 5) is 22.5. The molecule has 0 bridgehead atoms. The van der Waals surface area contributed by atoms with Crippen molar-refractivity contribution in [2.75, 3.05) is 5.32 Å². The van der Waals surface area contributed by atoms with Crippen LogP contribution in [0.4, 0.5) is 5.82 Å². The molecule has 0 aliphatic rings. The van der Waals surface area contributed by atoms with Crippen LogP contribution in [0.25, 0.3) is 33.5 Å². The summed E-state index contributed by atoms with van der Waals surface area (Å²) in [5.41, 5.74) is 4.59. The van der Waals surface area contributed by atoms with E-state index >= 15 is 0 Å². The molecule has 144 valence electrons. The molecule has 1 N–H and O–H groups in total. The highest BCUT2D eigenvalue weighted by Gasteiger charge is 2.15. The number of aromatic nitrogens is 5. The SMILES string of the molecule is c1ccc(-c2cccc3nc(-c4cnccn4)nc(NCc4ccccn4)c23)cc1. The summed E-state index contributed by atoms with van der Waals surface area (Å²) in [6, 6.07) is 22.2. The van der Waals surface area contributed by atoms with Crippen molar-refractivity contribution in [2.24, 2.45) is 0 Å². The highest BCUT2D eigenvalue weighted by atomic mass is 15.1. The summed E-state index contributed by atoms with van der Waals surface area (Å²) in [7, 11) is 0. The monoisotopic (exact) mass is 390 g/mol. The van der Waals surface area contributed by atoms with E-state index in [0.717, 1.165) is 33.5 Å². The van der Waals surface area contributed by atoms with Gasteiger partial charge in [0.25, 0.3) is 0 Å². The maximum atomic E-state index is 4.82. The summed E-state index contributed by atoms with van der Waals surface area (Å²) < 4.78 is 0. The Bertz CT molecular complexity index is 1270. The predicted molar refractivity (Wildman–Crippen MR) is 118 cm³/mol. The molecule has 2 aromatic carbocycles. The molecule has 30 heavy (non-hydrogen) atoms. The highest BCUT2D eigenvalue weighted by molar-refractivity contribution is 6.02. The van der Waals surface area contributed by atoms with Gasteiger partial charge in [0.2, 0.25) is 0 Å². The van der Waals surface area contributed by atoms with Crippen LogP contribution in [0.5, 0.6) is 0 Å². The fraction of sp³-hybridized carbons (Fsp3) is 0.0417. The number of pyridine rings is 1. The third-order valence-electron chi connectivity index (χ3n) is 4.76. The van der Waals surface area contributed by atoms with Gasteiger partial charge in [0, 0.05) is 18.6 Å².